The summed E-state index contributed by atoms with van der Waals surface area (Å²) in [4.78, 5) is 38.5. The minimum atomic E-state index is -1.34. The third-order valence-corrected chi connectivity index (χ3v) is 8.30. The molecule has 55 heavy (non-hydrogen) atoms. The van der Waals surface area contributed by atoms with Crippen LogP contribution in [0.15, 0.2) is 73.3 Å². The van der Waals surface area contributed by atoms with Crippen molar-refractivity contribution in [3.63, 3.8) is 0 Å². The Balaban J connectivity index is 0. The first kappa shape index (κ1) is 50.8. The van der Waals surface area contributed by atoms with Crippen LogP contribution in [-0.2, 0) is 32.3 Å². The van der Waals surface area contributed by atoms with Crippen LogP contribution in [0.3, 0.4) is 0 Å². The summed E-state index contributed by atoms with van der Waals surface area (Å²) >= 11 is 7.40. The Labute approximate surface area is 351 Å². The van der Waals surface area contributed by atoms with Gasteiger partial charge in [0.05, 0.1) is 34.7 Å². The molecule has 0 amide bonds. The molecule has 0 atom stereocenters. The third-order valence-electron chi connectivity index (χ3n) is 8.30. The summed E-state index contributed by atoms with van der Waals surface area (Å²) in [7, 11) is 0. The molecule has 4 aromatic rings. The van der Waals surface area contributed by atoms with Gasteiger partial charge in [-0.1, -0.05) is 115 Å². The second-order valence-electron chi connectivity index (χ2n) is 12.5. The Hall–Kier alpha value is -4.24. The first-order valence-corrected chi connectivity index (χ1v) is 19.3. The summed E-state index contributed by atoms with van der Waals surface area (Å²) in [6.45, 7) is 4.56. The number of carboxylic acid groups (broad SMARTS) is 2. The number of thiocarbonyl (C=S) groups is 2. The molecule has 0 bridgehead atoms. The second kappa shape index (κ2) is 33.1. The second-order valence-corrected chi connectivity index (χ2v) is 12.8. The molecule has 4 rings (SSSR count). The van der Waals surface area contributed by atoms with Crippen LogP contribution in [0.25, 0.3) is 33.6 Å². The number of aromatic nitrogens is 4. The van der Waals surface area contributed by atoms with Crippen LogP contribution >= 0.6 is 24.4 Å². The van der Waals surface area contributed by atoms with E-state index < -0.39 is 11.9 Å². The summed E-state index contributed by atoms with van der Waals surface area (Å²) in [6, 6.07) is 13.9. The molecule has 0 aliphatic rings. The maximum atomic E-state index is 10.7. The average molecular weight is 869 g/mol. The van der Waals surface area contributed by atoms with Crippen molar-refractivity contribution in [3.05, 3.63) is 106 Å². The van der Waals surface area contributed by atoms with Gasteiger partial charge in [-0.25, -0.2) is 0 Å². The van der Waals surface area contributed by atoms with Crippen molar-refractivity contribution in [3.8, 4) is 22.8 Å². The summed E-state index contributed by atoms with van der Waals surface area (Å²) in [5.74, 6) is -2.68. The summed E-state index contributed by atoms with van der Waals surface area (Å²) in [5, 5.41) is 38.3. The van der Waals surface area contributed by atoms with Gasteiger partial charge in [0.2, 0.25) is 0 Å². The maximum Gasteiger partial charge on any atom is 2.00 e. The Morgan fingerprint density at radius 1 is 0.545 bits per heavy atom. The normalized spacial score (nSPS) is 9.64. The Morgan fingerprint density at radius 2 is 0.818 bits per heavy atom. The SMILES string of the molecule is CCCCCCCCCc1ccnc(-c2cc(CCCCCCCCC)ccn2)c1.O=C([O-])c1ccnc(-c2cc(C(=O)[O-])ccn2)c1.[H+].[N-]=C=S.[N-]=C=S.[Ru+2]. The van der Waals surface area contributed by atoms with E-state index in [9.17, 15) is 19.8 Å². The molecule has 0 N–H and O–H groups in total. The topological polar surface area (TPSA) is 176 Å². The predicted octanol–water partition coefficient (Wildman–Crippen LogP) is 9.03. The minimum absolute atomic E-state index is 0. The molecule has 0 aliphatic carbocycles. The van der Waals surface area contributed by atoms with Crippen LogP contribution in [0, 0.1) is 0 Å². The molecule has 10 nitrogen and oxygen atoms in total. The van der Waals surface area contributed by atoms with E-state index in [1.165, 1.54) is 148 Å². The number of carboxylic acids is 2. The number of carbonyl (C=O) groups is 2. The number of aromatic carboxylic acids is 2. The van der Waals surface area contributed by atoms with Crippen LogP contribution in [-0.4, -0.2) is 42.2 Å². The minimum Gasteiger partial charge on any atom is -0.753 e. The Bertz CT molecular complexity index is 1630. The van der Waals surface area contributed by atoms with Crippen molar-refractivity contribution in [1.29, 1.82) is 0 Å². The van der Waals surface area contributed by atoms with E-state index in [0.717, 1.165) is 24.2 Å². The van der Waals surface area contributed by atoms with E-state index in [2.05, 4.69) is 82.5 Å². The molecule has 0 saturated carbocycles. The van der Waals surface area contributed by atoms with Gasteiger partial charge in [0.25, 0.3) is 0 Å². The van der Waals surface area contributed by atoms with E-state index >= 15 is 0 Å². The van der Waals surface area contributed by atoms with Gasteiger partial charge in [-0.15, -0.1) is 0 Å². The van der Waals surface area contributed by atoms with Crippen molar-refractivity contribution in [1.82, 2.24) is 19.9 Å². The van der Waals surface area contributed by atoms with Gasteiger partial charge in [0.15, 0.2) is 0 Å². The molecule has 0 saturated heterocycles. The standard InChI is InChI=1S/C28H44N2.C12H8N2O4.2CNS.Ru/c1-3-5-7-9-11-13-15-17-25-19-21-29-27(23-25)28-24-26(20-22-30-28)18-16-14-12-10-8-6-4-2;15-11(16)7-1-3-13-9(5-7)10-6-8(12(17)18)2-4-14-10;2*2-1-3;/h19-24H,3-18H2,1-2H3;1-6H,(H,15,16)(H,17,18);;;/q;;2*-1;+2/p-1. The summed E-state index contributed by atoms with van der Waals surface area (Å²) in [6.07, 6.45) is 27.8. The summed E-state index contributed by atoms with van der Waals surface area (Å²) < 4.78 is 0. The molecular weight excluding hydrogens is 818 g/mol. The van der Waals surface area contributed by atoms with Crippen molar-refractivity contribution < 1.29 is 40.7 Å². The Kier molecular flexibility index (Phi) is 30.6. The fourth-order valence-electron chi connectivity index (χ4n) is 5.51. The molecule has 0 fully saturated rings. The van der Waals surface area contributed by atoms with Crippen LogP contribution < -0.4 is 10.2 Å². The van der Waals surface area contributed by atoms with E-state index in [-0.39, 0.29) is 43.4 Å². The zero-order valence-electron chi connectivity index (χ0n) is 32.7. The first-order chi connectivity index (χ1) is 26.2. The number of aryl methyl sites for hydroxylation is 2. The molecule has 0 spiro atoms. The number of pyridine rings is 4. The summed E-state index contributed by atoms with van der Waals surface area (Å²) in [5.41, 5.74) is 5.23. The van der Waals surface area contributed by atoms with Crippen molar-refractivity contribution in [2.45, 2.75) is 117 Å². The van der Waals surface area contributed by atoms with Crippen LogP contribution in [0.1, 0.15) is 137 Å². The van der Waals surface area contributed by atoms with Gasteiger partial charge < -0.3 is 30.6 Å². The van der Waals surface area contributed by atoms with Crippen LogP contribution in [0.2, 0.25) is 0 Å². The van der Waals surface area contributed by atoms with Crippen LogP contribution in [0.5, 0.6) is 0 Å². The van der Waals surface area contributed by atoms with Gasteiger partial charge in [-0.05, 0) is 85.3 Å². The van der Waals surface area contributed by atoms with E-state index in [4.69, 9.17) is 10.8 Å². The third kappa shape index (κ3) is 23.3. The molecule has 0 radical (unpaired) electrons. The average Bonchev–Trinajstić information content (AvgIpc) is 3.18. The Morgan fingerprint density at radius 3 is 1.13 bits per heavy atom. The monoisotopic (exact) mass is 869 g/mol. The van der Waals surface area contributed by atoms with Crippen LogP contribution in [0.4, 0.5) is 0 Å². The van der Waals surface area contributed by atoms with Crippen molar-refractivity contribution in [2.75, 3.05) is 0 Å². The first-order valence-electron chi connectivity index (χ1n) is 18.5. The van der Waals surface area contributed by atoms with Gasteiger partial charge in [0, 0.05) is 35.9 Å². The largest absolute Gasteiger partial charge is 2.00 e. The maximum absolute atomic E-state index is 10.7. The number of unbranched alkanes of at least 4 members (excludes halogenated alkanes) is 12. The molecule has 0 aromatic carbocycles. The number of hydrogen-bond donors (Lipinski definition) is 0. The zero-order chi connectivity index (χ0) is 39.8. The number of hydrogen-bond acceptors (Lipinski definition) is 10. The van der Waals surface area contributed by atoms with E-state index in [0.29, 0.717) is 0 Å². The van der Waals surface area contributed by atoms with E-state index in [1.54, 1.807) is 0 Å². The number of rotatable bonds is 20. The van der Waals surface area contributed by atoms with Gasteiger partial charge in [-0.3, -0.25) is 19.9 Å². The van der Waals surface area contributed by atoms with Gasteiger partial charge >= 0.3 is 20.9 Å². The van der Waals surface area contributed by atoms with Gasteiger partial charge in [-0.2, -0.15) is 10.3 Å². The molecule has 0 aliphatic heterocycles. The molecule has 13 heteroatoms. The zero-order valence-corrected chi connectivity index (χ0v) is 35.1. The predicted molar refractivity (Wildman–Crippen MR) is 220 cm³/mol. The number of carbonyl (C=O) groups excluding carboxylic acids is 2. The molecule has 0 unspecified atom stereocenters. The fourth-order valence-corrected chi connectivity index (χ4v) is 5.51. The quantitative estimate of drug-likeness (QED) is 0.0361. The van der Waals surface area contributed by atoms with Crippen molar-refractivity contribution >= 4 is 46.7 Å². The fraction of sp³-hybridized carbons (Fsp3) is 0.429. The number of isothiocyanates is 2. The smallest absolute Gasteiger partial charge is 0.753 e. The number of nitrogens with zero attached hydrogens (tertiary/aromatic N) is 6. The van der Waals surface area contributed by atoms with Gasteiger partial charge in [0.1, 0.15) is 0 Å². The van der Waals surface area contributed by atoms with E-state index in [1.807, 2.05) is 12.4 Å². The molecule has 4 aromatic heterocycles. The molecule has 4 heterocycles. The molecular formula is C42H51N6O4RuS2-. The van der Waals surface area contributed by atoms with Crippen molar-refractivity contribution in [2.24, 2.45) is 0 Å². The molecule has 294 valence electrons.